The van der Waals surface area contributed by atoms with E-state index in [2.05, 4.69) is 110 Å². The van der Waals surface area contributed by atoms with Crippen molar-refractivity contribution in [3.8, 4) is 0 Å². The van der Waals surface area contributed by atoms with Crippen LogP contribution in [-0.4, -0.2) is 170 Å². The molecule has 13 nitrogen and oxygen atoms in total. The molecule has 4 aliphatic heterocycles. The Hall–Kier alpha value is -0.860. The first kappa shape index (κ1) is 67.7. The van der Waals surface area contributed by atoms with E-state index in [1.807, 2.05) is 24.8 Å². The molecule has 15 heteroatoms. The minimum atomic E-state index is -0.737. The van der Waals surface area contributed by atoms with E-state index in [4.69, 9.17) is 0 Å². The van der Waals surface area contributed by atoms with Gasteiger partial charge < -0.3 is 66.8 Å². The molecule has 4 saturated heterocycles. The summed E-state index contributed by atoms with van der Waals surface area (Å²) in [5.74, 6) is 6.88. The molecule has 4 heterocycles. The van der Waals surface area contributed by atoms with Crippen LogP contribution in [0.5, 0.6) is 0 Å². The summed E-state index contributed by atoms with van der Waals surface area (Å²) < 4.78 is 0. The molecule has 0 bridgehead atoms. The van der Waals surface area contributed by atoms with E-state index >= 15 is 0 Å². The number of fused-ring (bicyclic) bond motifs is 20. The maximum absolute atomic E-state index is 10.9. The first-order valence-corrected chi connectivity index (χ1v) is 38.4. The molecule has 0 aromatic rings. The van der Waals surface area contributed by atoms with E-state index in [1.54, 1.807) is 0 Å². The van der Waals surface area contributed by atoms with Crippen LogP contribution >= 0.6 is 23.5 Å². The van der Waals surface area contributed by atoms with Crippen molar-refractivity contribution in [3.05, 3.63) is 46.6 Å². The molecule has 12 aliphatic carbocycles. The van der Waals surface area contributed by atoms with Gasteiger partial charge in [0.1, 0.15) is 0 Å². The van der Waals surface area contributed by atoms with Crippen LogP contribution in [0.4, 0.5) is 0 Å². The Bertz CT molecular complexity index is 2640. The lowest BCUT2D eigenvalue weighted by Crippen LogP contribution is -2.66. The monoisotopic (exact) mass is 1290 g/mol. The van der Waals surface area contributed by atoms with Crippen LogP contribution in [0.25, 0.3) is 0 Å². The highest BCUT2D eigenvalue weighted by molar-refractivity contribution is 8.00. The van der Waals surface area contributed by atoms with Crippen molar-refractivity contribution in [2.24, 2.45) is 108 Å². The van der Waals surface area contributed by atoms with Gasteiger partial charge in [0.05, 0.1) is 67.1 Å². The average Bonchev–Trinajstić information content (AvgIpc) is 1.35. The van der Waals surface area contributed by atoms with Gasteiger partial charge in [-0.25, -0.2) is 0 Å². The molecule has 13 N–H and O–H groups in total. The van der Waals surface area contributed by atoms with Crippen LogP contribution in [0, 0.1) is 108 Å². The zero-order chi connectivity index (χ0) is 64.5. The number of hydrogen-bond acceptors (Lipinski definition) is 15. The molecule has 0 aromatic heterocycles. The number of nitrogens with one attached hydrogen (secondary N) is 2. The molecular weight excluding hydrogens is 1170 g/mol. The summed E-state index contributed by atoms with van der Waals surface area (Å²) in [6, 6.07) is 0.513. The molecular formula is C75H120N2O11S2. The maximum atomic E-state index is 10.9. The van der Waals surface area contributed by atoms with E-state index in [-0.39, 0.29) is 93.6 Å². The van der Waals surface area contributed by atoms with Gasteiger partial charge in [-0.2, -0.15) is 23.5 Å². The minimum Gasteiger partial charge on any atom is -0.393 e. The molecule has 90 heavy (non-hydrogen) atoms. The Balaban J connectivity index is 0.000000110. The lowest BCUT2D eigenvalue weighted by molar-refractivity contribution is -0.0873. The van der Waals surface area contributed by atoms with Crippen LogP contribution in [-0.2, 0) is 0 Å². The molecule has 34 atom stereocenters. The van der Waals surface area contributed by atoms with E-state index in [1.165, 1.54) is 53.7 Å². The Morgan fingerprint density at radius 3 is 1.20 bits per heavy atom. The van der Waals surface area contributed by atoms with Crippen LogP contribution in [0.15, 0.2) is 46.6 Å². The predicted molar refractivity (Wildman–Crippen MR) is 358 cm³/mol. The second-order valence-corrected chi connectivity index (χ2v) is 38.0. The largest absolute Gasteiger partial charge is 0.393 e. The van der Waals surface area contributed by atoms with Crippen LogP contribution < -0.4 is 10.6 Å². The molecule has 0 radical (unpaired) electrons. The molecule has 0 amide bonds. The summed E-state index contributed by atoms with van der Waals surface area (Å²) in [6.07, 6.45) is 21.1. The topological polar surface area (TPSA) is 247 Å². The smallest absolute Gasteiger partial charge is 0.0867 e. The van der Waals surface area contributed by atoms with Gasteiger partial charge in [0.2, 0.25) is 0 Å². The van der Waals surface area contributed by atoms with Gasteiger partial charge in [-0.3, -0.25) is 0 Å². The van der Waals surface area contributed by atoms with Gasteiger partial charge in [0.15, 0.2) is 0 Å². The molecule has 16 rings (SSSR count). The molecule has 0 spiro atoms. The molecule has 12 fully saturated rings. The second-order valence-electron chi connectivity index (χ2n) is 35.8. The van der Waals surface area contributed by atoms with Crippen molar-refractivity contribution in [3.63, 3.8) is 0 Å². The fourth-order valence-electron chi connectivity index (χ4n) is 24.7. The lowest BCUT2D eigenvalue weighted by Gasteiger charge is -2.59. The van der Waals surface area contributed by atoms with Crippen molar-refractivity contribution >= 4 is 23.5 Å². The number of hydrogen-bond donors (Lipinski definition) is 13. The molecule has 16 aliphatic rings. The second kappa shape index (κ2) is 24.0. The van der Waals surface area contributed by atoms with Gasteiger partial charge in [-0.05, 0) is 174 Å². The quantitative estimate of drug-likeness (QED) is 0.101. The van der Waals surface area contributed by atoms with Crippen molar-refractivity contribution in [2.45, 2.75) is 281 Å². The summed E-state index contributed by atoms with van der Waals surface area (Å²) in [6.45, 7) is 27.2. The minimum absolute atomic E-state index is 0.00421. The van der Waals surface area contributed by atoms with Crippen molar-refractivity contribution in [2.75, 3.05) is 24.6 Å². The van der Waals surface area contributed by atoms with Crippen LogP contribution in [0.1, 0.15) is 192 Å². The molecule has 12 unspecified atom stereocenters. The van der Waals surface area contributed by atoms with Gasteiger partial charge in [-0.1, -0.05) is 123 Å². The SMILES string of the molecule is C[C@@H]1CC2C3C(SC[C@]2(C)[C@H]1O)[C@@]1(C)CC[C@H](O)CC1=C[C@@H]3O.C[C@H]1CCC2C3C(NC[C@@]21C)[C@@]1(C)CC[C@H](O)CC1=C[C@@H]3O.C[C@H]1CCC2C3C(SC[C@@]21C)[C@@]1(C)CC[C@H](O)CC1=C[C@@H]3O.C[C@]12CC[C@H](O)CC1=C[C@H](O)C1C2NC[C@@]2(C)C1C[C@@H](O)[C@@H]2O. The number of rotatable bonds is 0. The third kappa shape index (κ3) is 10.4. The maximum Gasteiger partial charge on any atom is 0.0867 e. The lowest BCUT2D eigenvalue weighted by atomic mass is 9.52. The zero-order valence-electron chi connectivity index (χ0n) is 56.6. The zero-order valence-corrected chi connectivity index (χ0v) is 58.2. The average molecular weight is 1290 g/mol. The fourth-order valence-corrected chi connectivity index (χ4v) is 29.0. The third-order valence-electron chi connectivity index (χ3n) is 31.2. The standard InChI is InChI=1S/C19H31NO2.C19H30O3S.C19H30O2S.C18H29NO4/c1-11-4-5-14-16-15(22)9-12-8-13(21)6-7-18(12,2)17(16)20-10-19(11,14)3;1-10-6-13-15-14(21)8-11-7-12(20)4-5-18(11,2)17(15)23-9-19(13,3)16(10)22;1-11-4-5-14-16-15(21)9-12-8-13(20)6-7-18(12,2)17(16)22-10-19(11,14)3;1-17-4-3-10(20)5-9(17)6-12(21)14-11-7-13(22)16(23)18(11,2)8-19-15(14)17/h9,11,13-17,20-22H,4-8,10H2,1-3H3;8,10,12-17,20-22H,4-7,9H2,1-3H3;9,11,13-17,20-21H,4-8,10H2,1-3H3;6,10-16,19-23H,3-5,7-8H2,1-2H3/t11-,13-,14?,15-,16?,17?,18-,19+;10-,12+,13?,14+,15?,16+,17?,18+,19+;11-,13-,14?,15-,16?,17?,18-,19+;10-,11?,12-,13+,14?,15?,16-,17-,18-/m0100/s1. The van der Waals surface area contributed by atoms with Crippen molar-refractivity contribution < 1.29 is 56.2 Å². The predicted octanol–water partition coefficient (Wildman–Crippen LogP) is 8.87. The summed E-state index contributed by atoms with van der Waals surface area (Å²) in [7, 11) is 0. The highest BCUT2D eigenvalue weighted by Crippen LogP contribution is 2.68. The Kier molecular flexibility index (Phi) is 18.0. The molecule has 8 saturated carbocycles. The summed E-state index contributed by atoms with van der Waals surface area (Å²) >= 11 is 4.11. The summed E-state index contributed by atoms with van der Waals surface area (Å²) in [5.41, 5.74) is 5.71. The van der Waals surface area contributed by atoms with Crippen molar-refractivity contribution in [1.29, 1.82) is 0 Å². The van der Waals surface area contributed by atoms with E-state index in [0.717, 1.165) is 101 Å². The van der Waals surface area contributed by atoms with E-state index < -0.39 is 29.8 Å². The Morgan fingerprint density at radius 2 is 0.733 bits per heavy atom. The third-order valence-corrected chi connectivity index (χ3v) is 35.1. The number of aliphatic hydroxyl groups excluding tert-OH is 11. The fraction of sp³-hybridized carbons (Fsp3) is 0.893. The van der Waals surface area contributed by atoms with Gasteiger partial charge >= 0.3 is 0 Å². The van der Waals surface area contributed by atoms with Crippen LogP contribution in [0.3, 0.4) is 0 Å². The Morgan fingerprint density at radius 1 is 0.378 bits per heavy atom. The number of piperidine rings is 2. The highest BCUT2D eigenvalue weighted by atomic mass is 32.2. The van der Waals surface area contributed by atoms with Gasteiger partial charge in [-0.15, -0.1) is 0 Å². The highest BCUT2D eigenvalue weighted by Gasteiger charge is 2.67. The summed E-state index contributed by atoms with van der Waals surface area (Å²) in [4.78, 5) is 0. The number of thioether (sulfide) groups is 2. The normalized spacial score (nSPS) is 58.2. The molecule has 0 aromatic carbocycles. The van der Waals surface area contributed by atoms with Gasteiger partial charge in [0, 0.05) is 97.6 Å². The molecule has 508 valence electrons. The van der Waals surface area contributed by atoms with E-state index in [0.29, 0.717) is 82.3 Å². The number of aliphatic hydroxyl groups is 11. The summed E-state index contributed by atoms with van der Waals surface area (Å²) in [5, 5.41) is 123. The van der Waals surface area contributed by atoms with Crippen molar-refractivity contribution in [1.82, 2.24) is 10.6 Å². The van der Waals surface area contributed by atoms with Crippen LogP contribution in [0.2, 0.25) is 0 Å². The first-order chi connectivity index (χ1) is 42.3. The first-order valence-electron chi connectivity index (χ1n) is 36.3. The Labute approximate surface area is 548 Å². The van der Waals surface area contributed by atoms with Gasteiger partial charge in [0.25, 0.3) is 0 Å². The van der Waals surface area contributed by atoms with E-state index in [9.17, 15) is 56.2 Å².